The maximum atomic E-state index is 13.6. The van der Waals surface area contributed by atoms with Gasteiger partial charge in [-0.15, -0.1) is 0 Å². The monoisotopic (exact) mass is 510 g/mol. The summed E-state index contributed by atoms with van der Waals surface area (Å²) in [4.78, 5) is 36.4. The minimum atomic E-state index is -5.59. The molecule has 1 saturated heterocycles. The molecule has 5 rings (SSSR count). The number of hydrogen-bond acceptors (Lipinski definition) is 9. The van der Waals surface area contributed by atoms with Crippen molar-refractivity contribution in [2.45, 2.75) is 68.8 Å². The molecule has 3 unspecified atom stereocenters. The molecule has 0 aromatic rings. The van der Waals surface area contributed by atoms with Gasteiger partial charge in [-0.25, -0.2) is 4.79 Å². The van der Waals surface area contributed by atoms with Gasteiger partial charge in [0.25, 0.3) is 0 Å². The third-order valence-corrected chi connectivity index (χ3v) is 8.27. The minimum absolute atomic E-state index is 0.0362. The molecule has 5 fully saturated rings. The Labute approximate surface area is 195 Å². The van der Waals surface area contributed by atoms with Crippen molar-refractivity contribution in [1.29, 1.82) is 0 Å². The molecule has 10 nitrogen and oxygen atoms in total. The molecule has 4 aliphatic carbocycles. The SMILES string of the molecule is O=C1CCCC(OC(=O)COC(=O)C23CC4CC(C2)C(OCC(F)(F)S(=O)(=O)O)C(C4)C3)CO1. The zero-order chi connectivity index (χ0) is 24.7. The van der Waals surface area contributed by atoms with E-state index in [1.54, 1.807) is 0 Å². The number of rotatable bonds is 8. The number of alkyl halides is 2. The van der Waals surface area contributed by atoms with Crippen LogP contribution in [0.2, 0.25) is 0 Å². The second kappa shape index (κ2) is 9.30. The van der Waals surface area contributed by atoms with Gasteiger partial charge < -0.3 is 18.9 Å². The molecule has 1 N–H and O–H groups in total. The summed E-state index contributed by atoms with van der Waals surface area (Å²) in [5.41, 5.74) is -0.847. The van der Waals surface area contributed by atoms with Gasteiger partial charge in [0.1, 0.15) is 19.3 Å². The molecule has 5 aliphatic rings. The number of ether oxygens (including phenoxy) is 4. The van der Waals surface area contributed by atoms with Crippen LogP contribution in [0.3, 0.4) is 0 Å². The van der Waals surface area contributed by atoms with Gasteiger partial charge in [0.2, 0.25) is 0 Å². The number of cyclic esters (lactones) is 1. The van der Waals surface area contributed by atoms with Gasteiger partial charge in [0.05, 0.1) is 11.5 Å². The maximum absolute atomic E-state index is 13.6. The van der Waals surface area contributed by atoms with Crippen molar-refractivity contribution in [2.75, 3.05) is 19.8 Å². The molecule has 4 saturated carbocycles. The van der Waals surface area contributed by atoms with Gasteiger partial charge in [0, 0.05) is 6.42 Å². The summed E-state index contributed by atoms with van der Waals surface area (Å²) in [6, 6.07) is 0. The zero-order valence-electron chi connectivity index (χ0n) is 18.5. The van der Waals surface area contributed by atoms with E-state index < -0.39 is 58.1 Å². The van der Waals surface area contributed by atoms with Crippen molar-refractivity contribution >= 4 is 28.0 Å². The van der Waals surface area contributed by atoms with Crippen LogP contribution >= 0.6 is 0 Å². The van der Waals surface area contributed by atoms with Crippen molar-refractivity contribution in [3.63, 3.8) is 0 Å². The van der Waals surface area contributed by atoms with Crippen LogP contribution in [0.1, 0.15) is 51.4 Å². The Morgan fingerprint density at radius 3 is 2.50 bits per heavy atom. The van der Waals surface area contributed by atoms with Crippen LogP contribution in [0, 0.1) is 23.2 Å². The first-order valence-corrected chi connectivity index (χ1v) is 12.8. The lowest BCUT2D eigenvalue weighted by Gasteiger charge is -2.58. The standard InChI is InChI=1S/C21H28F2O10S/c22-21(23,34(27,28)29)11-32-18-13-4-12-5-14(18)8-20(6-12,7-13)19(26)31-10-17(25)33-15-2-1-3-16(24)30-9-15/h12-15,18H,1-11H2,(H,27,28,29). The van der Waals surface area contributed by atoms with E-state index in [9.17, 15) is 31.6 Å². The lowest BCUT2D eigenvalue weighted by molar-refractivity contribution is -0.200. The molecule has 1 heterocycles. The van der Waals surface area contributed by atoms with Crippen molar-refractivity contribution in [1.82, 2.24) is 0 Å². The van der Waals surface area contributed by atoms with Crippen molar-refractivity contribution in [2.24, 2.45) is 23.2 Å². The van der Waals surface area contributed by atoms with Gasteiger partial charge in [-0.05, 0) is 62.7 Å². The minimum Gasteiger partial charge on any atom is -0.462 e. The first kappa shape index (κ1) is 25.2. The molecule has 4 bridgehead atoms. The van der Waals surface area contributed by atoms with Gasteiger partial charge in [-0.2, -0.15) is 17.2 Å². The van der Waals surface area contributed by atoms with Crippen LogP contribution in [0.15, 0.2) is 0 Å². The molecule has 13 heteroatoms. The quantitative estimate of drug-likeness (QED) is 0.292. The van der Waals surface area contributed by atoms with E-state index in [0.29, 0.717) is 44.9 Å². The Bertz CT molecular complexity index is 920. The van der Waals surface area contributed by atoms with E-state index >= 15 is 0 Å². The van der Waals surface area contributed by atoms with Crippen LogP contribution in [-0.4, -0.2) is 68.2 Å². The van der Waals surface area contributed by atoms with Crippen LogP contribution in [0.4, 0.5) is 8.78 Å². The Balaban J connectivity index is 1.31. The van der Waals surface area contributed by atoms with Gasteiger partial charge in [0.15, 0.2) is 6.61 Å². The Morgan fingerprint density at radius 2 is 1.85 bits per heavy atom. The van der Waals surface area contributed by atoms with Gasteiger partial charge in [-0.3, -0.25) is 14.1 Å². The number of hydrogen-bond donors (Lipinski definition) is 1. The largest absolute Gasteiger partial charge is 0.462 e. The van der Waals surface area contributed by atoms with Gasteiger partial charge in [-0.1, -0.05) is 0 Å². The maximum Gasteiger partial charge on any atom is 0.392 e. The highest BCUT2D eigenvalue weighted by Crippen LogP contribution is 2.61. The fourth-order valence-electron chi connectivity index (χ4n) is 6.17. The van der Waals surface area contributed by atoms with E-state index in [0.717, 1.165) is 0 Å². The molecule has 0 amide bonds. The number of esters is 3. The topological polar surface area (TPSA) is 142 Å². The number of carbonyl (C=O) groups is 3. The Hall–Kier alpha value is -1.86. The summed E-state index contributed by atoms with van der Waals surface area (Å²) in [5.74, 6) is -1.92. The second-order valence-corrected chi connectivity index (χ2v) is 11.4. The van der Waals surface area contributed by atoms with Crippen LogP contribution in [0.25, 0.3) is 0 Å². The number of halogens is 2. The molecule has 3 atom stereocenters. The molecule has 0 aromatic heterocycles. The summed E-state index contributed by atoms with van der Waals surface area (Å²) < 4.78 is 78.4. The third kappa shape index (κ3) is 5.20. The number of carbonyl (C=O) groups excluding carboxylic acids is 3. The predicted molar refractivity (Wildman–Crippen MR) is 108 cm³/mol. The van der Waals surface area contributed by atoms with Crippen LogP contribution in [0.5, 0.6) is 0 Å². The van der Waals surface area contributed by atoms with Crippen molar-refractivity contribution in [3.05, 3.63) is 0 Å². The molecule has 1 aliphatic heterocycles. The first-order valence-electron chi connectivity index (χ1n) is 11.4. The van der Waals surface area contributed by atoms with Crippen molar-refractivity contribution in [3.8, 4) is 0 Å². The van der Waals surface area contributed by atoms with E-state index in [1.807, 2.05) is 0 Å². The van der Waals surface area contributed by atoms with Crippen LogP contribution < -0.4 is 0 Å². The highest BCUT2D eigenvalue weighted by Gasteiger charge is 2.60. The highest BCUT2D eigenvalue weighted by molar-refractivity contribution is 7.86. The molecular weight excluding hydrogens is 482 g/mol. The average Bonchev–Trinajstić information content (AvgIpc) is 2.94. The fraction of sp³-hybridized carbons (Fsp3) is 0.857. The lowest BCUT2D eigenvalue weighted by atomic mass is 9.48. The molecule has 0 spiro atoms. The average molecular weight is 511 g/mol. The Kier molecular flexibility index (Phi) is 6.91. The molecule has 192 valence electrons. The lowest BCUT2D eigenvalue weighted by Crippen LogP contribution is -2.58. The second-order valence-electron chi connectivity index (χ2n) is 9.90. The molecular formula is C21H28F2O10S. The van der Waals surface area contributed by atoms with E-state index in [1.165, 1.54) is 0 Å². The zero-order valence-corrected chi connectivity index (χ0v) is 19.3. The summed E-state index contributed by atoms with van der Waals surface area (Å²) >= 11 is 0. The summed E-state index contributed by atoms with van der Waals surface area (Å²) in [7, 11) is -5.59. The fourth-order valence-corrected chi connectivity index (χ4v) is 6.39. The molecule has 0 aromatic carbocycles. The predicted octanol–water partition coefficient (Wildman–Crippen LogP) is 1.86. The van der Waals surface area contributed by atoms with Crippen molar-refractivity contribution < 1.29 is 55.1 Å². The van der Waals surface area contributed by atoms with E-state index in [4.69, 9.17) is 23.5 Å². The van der Waals surface area contributed by atoms with Crippen LogP contribution in [-0.2, 0) is 43.4 Å². The highest BCUT2D eigenvalue weighted by atomic mass is 32.2. The van der Waals surface area contributed by atoms with E-state index in [2.05, 4.69) is 0 Å². The summed E-state index contributed by atoms with van der Waals surface area (Å²) in [5, 5.41) is -4.41. The molecule has 0 radical (unpaired) electrons. The normalized spacial score (nSPS) is 35.4. The smallest absolute Gasteiger partial charge is 0.392 e. The Morgan fingerprint density at radius 1 is 1.18 bits per heavy atom. The first-order chi connectivity index (χ1) is 15.9. The van der Waals surface area contributed by atoms with E-state index in [-0.39, 0.29) is 36.8 Å². The summed E-state index contributed by atoms with van der Waals surface area (Å²) in [6.07, 6.45) is 2.58. The summed E-state index contributed by atoms with van der Waals surface area (Å²) in [6.45, 7) is -2.06. The molecule has 34 heavy (non-hydrogen) atoms. The third-order valence-electron chi connectivity index (χ3n) is 7.40. The van der Waals surface area contributed by atoms with Gasteiger partial charge >= 0.3 is 33.3 Å².